The quantitative estimate of drug-likeness (QED) is 0.198. The first-order valence-corrected chi connectivity index (χ1v) is 12.4. The fraction of sp³-hybridized carbons (Fsp3) is 0.448. The summed E-state index contributed by atoms with van der Waals surface area (Å²) in [7, 11) is 1.54. The maximum atomic E-state index is 13.3. The number of carbonyl (C=O) groups is 2. The number of para-hydroxylation sites is 1. The summed E-state index contributed by atoms with van der Waals surface area (Å²) in [4.78, 5) is 27.9. The van der Waals surface area contributed by atoms with E-state index in [1.165, 1.54) is 4.90 Å². The molecule has 1 fully saturated rings. The molecule has 3 rings (SSSR count). The molecule has 1 heterocycles. The Hall–Kier alpha value is -3.32. The number of aliphatic hydroxyl groups is 1. The molecule has 7 heteroatoms. The van der Waals surface area contributed by atoms with E-state index in [1.54, 1.807) is 31.4 Å². The zero-order chi connectivity index (χ0) is 26.4. The topological polar surface area (TPSA) is 85.3 Å². The monoisotopic (exact) mass is 495 g/mol. The summed E-state index contributed by atoms with van der Waals surface area (Å²) < 4.78 is 17.0. The third kappa shape index (κ3) is 6.08. The summed E-state index contributed by atoms with van der Waals surface area (Å²) in [5, 5.41) is 11.4. The Kier molecular flexibility index (Phi) is 9.15. The van der Waals surface area contributed by atoms with E-state index in [9.17, 15) is 14.7 Å². The first-order valence-electron chi connectivity index (χ1n) is 12.4. The largest absolute Gasteiger partial charge is 0.507 e. The molecule has 1 unspecified atom stereocenters. The lowest BCUT2D eigenvalue weighted by Crippen LogP contribution is -2.31. The Balaban J connectivity index is 2.05. The molecule has 0 aliphatic carbocycles. The molecule has 1 aliphatic heterocycles. The highest BCUT2D eigenvalue weighted by molar-refractivity contribution is 6.46. The summed E-state index contributed by atoms with van der Waals surface area (Å²) in [6.07, 6.45) is 0.624. The van der Waals surface area contributed by atoms with Gasteiger partial charge in [-0.3, -0.25) is 9.59 Å². The Morgan fingerprint density at radius 2 is 1.78 bits per heavy atom. The van der Waals surface area contributed by atoms with Crippen molar-refractivity contribution in [2.24, 2.45) is 5.92 Å². The van der Waals surface area contributed by atoms with Gasteiger partial charge in [0, 0.05) is 24.3 Å². The van der Waals surface area contributed by atoms with Crippen LogP contribution in [0.25, 0.3) is 5.76 Å². The van der Waals surface area contributed by atoms with Gasteiger partial charge < -0.3 is 24.2 Å². The summed E-state index contributed by atoms with van der Waals surface area (Å²) in [6, 6.07) is 11.7. The van der Waals surface area contributed by atoms with Crippen LogP contribution in [0.4, 0.5) is 0 Å². The van der Waals surface area contributed by atoms with Gasteiger partial charge in [0.1, 0.15) is 17.3 Å². The Morgan fingerprint density at radius 3 is 2.42 bits per heavy atom. The second kappa shape index (κ2) is 12.1. The van der Waals surface area contributed by atoms with Gasteiger partial charge in [-0.25, -0.2) is 0 Å². The molecule has 36 heavy (non-hydrogen) atoms. The number of hydrogen-bond donors (Lipinski definition) is 1. The maximum absolute atomic E-state index is 13.3. The fourth-order valence-corrected chi connectivity index (χ4v) is 4.25. The van der Waals surface area contributed by atoms with E-state index in [0.717, 1.165) is 5.56 Å². The Labute approximate surface area is 213 Å². The summed E-state index contributed by atoms with van der Waals surface area (Å²) in [5.74, 6) is 0.0417. The SMILES string of the molecule is COc1ccccc1C1/C(=C(\O)c2ccc(OCC(C)C)c(C)c2)C(=O)C(=O)N1CCCOC(C)C. The Bertz CT molecular complexity index is 1120. The van der Waals surface area contributed by atoms with Gasteiger partial charge in [0.05, 0.1) is 31.4 Å². The number of methoxy groups -OCH3 is 1. The minimum Gasteiger partial charge on any atom is -0.507 e. The smallest absolute Gasteiger partial charge is 0.295 e. The van der Waals surface area contributed by atoms with Gasteiger partial charge in [-0.15, -0.1) is 0 Å². The third-order valence-electron chi connectivity index (χ3n) is 5.99. The number of Topliss-reactive ketones (excluding diaryl/α,β-unsaturated/α-hetero) is 1. The molecule has 0 saturated carbocycles. The van der Waals surface area contributed by atoms with E-state index in [4.69, 9.17) is 14.2 Å². The first kappa shape index (κ1) is 27.3. The van der Waals surface area contributed by atoms with E-state index in [0.29, 0.717) is 54.7 Å². The zero-order valence-corrected chi connectivity index (χ0v) is 22.0. The number of rotatable bonds is 11. The second-order valence-electron chi connectivity index (χ2n) is 9.69. The van der Waals surface area contributed by atoms with E-state index in [2.05, 4.69) is 13.8 Å². The van der Waals surface area contributed by atoms with Crippen molar-refractivity contribution < 1.29 is 28.9 Å². The van der Waals surface area contributed by atoms with Gasteiger partial charge in [0.15, 0.2) is 0 Å². The van der Waals surface area contributed by atoms with Crippen molar-refractivity contribution in [1.29, 1.82) is 0 Å². The van der Waals surface area contributed by atoms with Crippen LogP contribution >= 0.6 is 0 Å². The number of benzene rings is 2. The predicted molar refractivity (Wildman–Crippen MR) is 139 cm³/mol. The van der Waals surface area contributed by atoms with Gasteiger partial charge in [-0.05, 0) is 62.9 Å². The van der Waals surface area contributed by atoms with Crippen molar-refractivity contribution in [2.75, 3.05) is 26.9 Å². The number of likely N-dealkylation sites (tertiary alicyclic amines) is 1. The molecular weight excluding hydrogens is 458 g/mol. The fourth-order valence-electron chi connectivity index (χ4n) is 4.25. The number of nitrogens with zero attached hydrogens (tertiary/aromatic N) is 1. The molecule has 1 atom stereocenters. The molecule has 0 bridgehead atoms. The molecule has 1 N–H and O–H groups in total. The number of carbonyl (C=O) groups excluding carboxylic acids is 2. The molecule has 0 aromatic heterocycles. The van der Waals surface area contributed by atoms with Crippen molar-refractivity contribution in [2.45, 2.75) is 53.2 Å². The molecule has 2 aromatic rings. The average Bonchev–Trinajstić information content (AvgIpc) is 3.09. The zero-order valence-electron chi connectivity index (χ0n) is 22.0. The van der Waals surface area contributed by atoms with Gasteiger partial charge in [0.25, 0.3) is 11.7 Å². The average molecular weight is 496 g/mol. The number of ether oxygens (including phenoxy) is 3. The van der Waals surface area contributed by atoms with Crippen LogP contribution in [0, 0.1) is 12.8 Å². The molecule has 0 spiro atoms. The van der Waals surface area contributed by atoms with Crippen molar-refractivity contribution in [1.82, 2.24) is 4.90 Å². The molecule has 2 aromatic carbocycles. The van der Waals surface area contributed by atoms with Crippen LogP contribution in [-0.2, 0) is 14.3 Å². The Morgan fingerprint density at radius 1 is 1.06 bits per heavy atom. The molecule has 194 valence electrons. The van der Waals surface area contributed by atoms with Crippen LogP contribution in [0.5, 0.6) is 11.5 Å². The third-order valence-corrected chi connectivity index (χ3v) is 5.99. The van der Waals surface area contributed by atoms with Crippen LogP contribution in [0.15, 0.2) is 48.0 Å². The second-order valence-corrected chi connectivity index (χ2v) is 9.69. The van der Waals surface area contributed by atoms with Crippen LogP contribution in [0.1, 0.15) is 56.8 Å². The summed E-state index contributed by atoms with van der Waals surface area (Å²) >= 11 is 0. The first-order chi connectivity index (χ1) is 17.1. The lowest BCUT2D eigenvalue weighted by atomic mass is 9.94. The number of aliphatic hydroxyl groups excluding tert-OH is 1. The maximum Gasteiger partial charge on any atom is 0.295 e. The molecular formula is C29H37NO6. The van der Waals surface area contributed by atoms with Crippen molar-refractivity contribution in [3.63, 3.8) is 0 Å². The number of amides is 1. The molecule has 0 radical (unpaired) electrons. The van der Waals surface area contributed by atoms with Crippen LogP contribution in [0.3, 0.4) is 0 Å². The lowest BCUT2D eigenvalue weighted by Gasteiger charge is -2.26. The van der Waals surface area contributed by atoms with E-state index in [-0.39, 0.29) is 17.4 Å². The van der Waals surface area contributed by atoms with E-state index >= 15 is 0 Å². The summed E-state index contributed by atoms with van der Waals surface area (Å²) in [5.41, 5.74) is 1.96. The number of hydrogen-bond acceptors (Lipinski definition) is 6. The summed E-state index contributed by atoms with van der Waals surface area (Å²) in [6.45, 7) is 11.3. The van der Waals surface area contributed by atoms with Crippen molar-refractivity contribution in [3.05, 3.63) is 64.7 Å². The van der Waals surface area contributed by atoms with Crippen molar-refractivity contribution >= 4 is 17.4 Å². The van der Waals surface area contributed by atoms with Gasteiger partial charge in [-0.2, -0.15) is 0 Å². The minimum atomic E-state index is -0.780. The minimum absolute atomic E-state index is 0.0459. The highest BCUT2D eigenvalue weighted by Gasteiger charge is 2.46. The predicted octanol–water partition coefficient (Wildman–Crippen LogP) is 5.28. The lowest BCUT2D eigenvalue weighted by molar-refractivity contribution is -0.140. The standard InChI is InChI=1S/C29H37NO6/c1-18(2)17-36-23-13-12-21(16-20(23)5)27(31)25-26(22-10-7-8-11-24(22)34-6)30(29(33)28(25)32)14-9-15-35-19(3)4/h7-8,10-13,16,18-19,26,31H,9,14-15,17H2,1-6H3/b27-25+. The number of ketones is 1. The highest BCUT2D eigenvalue weighted by atomic mass is 16.5. The molecule has 1 aliphatic rings. The van der Waals surface area contributed by atoms with Gasteiger partial charge in [-0.1, -0.05) is 32.0 Å². The molecule has 7 nitrogen and oxygen atoms in total. The molecule has 1 amide bonds. The highest BCUT2D eigenvalue weighted by Crippen LogP contribution is 2.43. The van der Waals surface area contributed by atoms with Crippen molar-refractivity contribution in [3.8, 4) is 11.5 Å². The van der Waals surface area contributed by atoms with Crippen LogP contribution in [-0.4, -0.2) is 54.7 Å². The van der Waals surface area contributed by atoms with Crippen LogP contribution < -0.4 is 9.47 Å². The van der Waals surface area contributed by atoms with Gasteiger partial charge in [0.2, 0.25) is 0 Å². The molecule has 1 saturated heterocycles. The van der Waals surface area contributed by atoms with E-state index < -0.39 is 17.7 Å². The van der Waals surface area contributed by atoms with Gasteiger partial charge >= 0.3 is 0 Å². The number of aryl methyl sites for hydroxylation is 1. The van der Waals surface area contributed by atoms with Crippen LogP contribution in [0.2, 0.25) is 0 Å². The normalized spacial score (nSPS) is 17.3. The van der Waals surface area contributed by atoms with E-state index in [1.807, 2.05) is 39.0 Å².